The summed E-state index contributed by atoms with van der Waals surface area (Å²) in [6.07, 6.45) is 3.48. The van der Waals surface area contributed by atoms with Gasteiger partial charge in [-0.1, -0.05) is 47.5 Å². The van der Waals surface area contributed by atoms with Crippen molar-refractivity contribution in [2.75, 3.05) is 25.2 Å². The number of ether oxygens (including phenoxy) is 1. The Morgan fingerprint density at radius 3 is 2.15 bits per heavy atom. The van der Waals surface area contributed by atoms with E-state index in [1.165, 1.54) is 7.11 Å². The lowest BCUT2D eigenvalue weighted by Crippen LogP contribution is -2.23. The number of halogens is 2. The van der Waals surface area contributed by atoms with Gasteiger partial charge < -0.3 is 4.74 Å². The fraction of sp³-hybridized carbons (Fsp3) is 0.250. The molecule has 1 atom stereocenters. The van der Waals surface area contributed by atoms with Crippen LogP contribution in [0.5, 0.6) is 0 Å². The van der Waals surface area contributed by atoms with Crippen LogP contribution >= 0.6 is 35.0 Å². The molecule has 0 aliphatic heterocycles. The normalized spacial score (nSPS) is 12.6. The third-order valence-corrected chi connectivity index (χ3v) is 5.02. The molecule has 0 saturated heterocycles. The maximum atomic E-state index is 11.9. The molecule has 0 unspecified atom stereocenters. The molecule has 0 radical (unpaired) electrons. The second-order valence-corrected chi connectivity index (χ2v) is 7.55. The molecule has 0 spiro atoms. The highest BCUT2D eigenvalue weighted by Crippen LogP contribution is 2.11. The highest BCUT2D eigenvalue weighted by molar-refractivity contribution is 7.99. The Hall–Kier alpha value is -1.82. The molecule has 27 heavy (non-hydrogen) atoms. The smallest absolute Gasteiger partial charge is 0.331 e. The molecule has 0 heterocycles. The molecule has 0 aliphatic rings. The highest BCUT2D eigenvalue weighted by atomic mass is 35.5. The van der Waals surface area contributed by atoms with Crippen LogP contribution in [0.25, 0.3) is 0 Å². The van der Waals surface area contributed by atoms with Gasteiger partial charge in [0.2, 0.25) is 0 Å². The Morgan fingerprint density at radius 1 is 1.04 bits per heavy atom. The van der Waals surface area contributed by atoms with E-state index in [1.807, 2.05) is 42.6 Å². The van der Waals surface area contributed by atoms with Gasteiger partial charge in [-0.15, -0.1) is 0 Å². The number of hydrogen-bond donors (Lipinski definition) is 0. The fourth-order valence-corrected chi connectivity index (χ4v) is 3.16. The van der Waals surface area contributed by atoms with E-state index in [0.717, 1.165) is 16.9 Å². The van der Waals surface area contributed by atoms with Gasteiger partial charge in [0.15, 0.2) is 6.04 Å². The lowest BCUT2D eigenvalue weighted by molar-refractivity contribution is -0.141. The Bertz CT molecular complexity index is 778. The van der Waals surface area contributed by atoms with Gasteiger partial charge in [0.1, 0.15) is 0 Å². The number of thioether (sulfide) groups is 1. The summed E-state index contributed by atoms with van der Waals surface area (Å²) in [5.74, 6) is 0.971. The van der Waals surface area contributed by atoms with E-state index in [2.05, 4.69) is 9.98 Å². The molecular formula is C20H20Cl2N2O2S. The van der Waals surface area contributed by atoms with Crippen LogP contribution < -0.4 is 0 Å². The summed E-state index contributed by atoms with van der Waals surface area (Å²) < 4.78 is 4.84. The number of aliphatic imine (C=N–C) groups is 2. The molecular weight excluding hydrogens is 403 g/mol. The van der Waals surface area contributed by atoms with Crippen LogP contribution in [0, 0.1) is 0 Å². The van der Waals surface area contributed by atoms with Crippen LogP contribution in [0.3, 0.4) is 0 Å². The number of carbonyl (C=O) groups excluding carboxylic acids is 1. The minimum Gasteiger partial charge on any atom is -0.467 e. The van der Waals surface area contributed by atoms with Crippen molar-refractivity contribution in [2.24, 2.45) is 9.98 Å². The van der Waals surface area contributed by atoms with E-state index < -0.39 is 6.04 Å². The number of rotatable bonds is 9. The Kier molecular flexibility index (Phi) is 9.39. The zero-order valence-corrected chi connectivity index (χ0v) is 17.2. The largest absolute Gasteiger partial charge is 0.467 e. The summed E-state index contributed by atoms with van der Waals surface area (Å²) in [5, 5.41) is 1.36. The zero-order chi connectivity index (χ0) is 19.5. The third kappa shape index (κ3) is 8.16. The van der Waals surface area contributed by atoms with Gasteiger partial charge in [-0.2, -0.15) is 11.8 Å². The number of hydrogen-bond acceptors (Lipinski definition) is 5. The lowest BCUT2D eigenvalue weighted by Gasteiger charge is -2.09. The first kappa shape index (κ1) is 21.5. The third-order valence-electron chi connectivity index (χ3n) is 3.50. The monoisotopic (exact) mass is 422 g/mol. The predicted octanol–water partition coefficient (Wildman–Crippen LogP) is 4.81. The average molecular weight is 423 g/mol. The van der Waals surface area contributed by atoms with Gasteiger partial charge >= 0.3 is 5.97 Å². The average Bonchev–Trinajstić information content (AvgIpc) is 2.69. The van der Waals surface area contributed by atoms with Crippen molar-refractivity contribution in [3.8, 4) is 0 Å². The van der Waals surface area contributed by atoms with Crippen molar-refractivity contribution in [1.29, 1.82) is 0 Å². The van der Waals surface area contributed by atoms with E-state index in [1.54, 1.807) is 30.1 Å². The summed E-state index contributed by atoms with van der Waals surface area (Å²) in [6.45, 7) is 0.655. The van der Waals surface area contributed by atoms with Crippen LogP contribution in [-0.4, -0.2) is 49.6 Å². The summed E-state index contributed by atoms with van der Waals surface area (Å²) in [5.41, 5.74) is 1.88. The molecule has 0 aliphatic carbocycles. The number of carbonyl (C=O) groups is 1. The molecule has 2 aromatic carbocycles. The standard InChI is InChI=1S/C20H20Cl2N2O2S/c1-26-20(25)19(24-13-16-4-8-18(22)9-5-16)14-27-11-10-23-12-15-2-6-17(21)7-3-15/h2-9,12-13,19H,10-11,14H2,1H3/b23-12+,24-13-/t19-/m0/s1. The van der Waals surface area contributed by atoms with Crippen molar-refractivity contribution in [2.45, 2.75) is 6.04 Å². The predicted molar refractivity (Wildman–Crippen MR) is 116 cm³/mol. The first-order valence-corrected chi connectivity index (χ1v) is 10.2. The summed E-state index contributed by atoms with van der Waals surface area (Å²) in [4.78, 5) is 20.6. The molecule has 142 valence electrons. The van der Waals surface area contributed by atoms with Gasteiger partial charge in [-0.25, -0.2) is 4.79 Å². The van der Waals surface area contributed by atoms with E-state index in [9.17, 15) is 4.79 Å². The van der Waals surface area contributed by atoms with E-state index in [-0.39, 0.29) is 5.97 Å². The molecule has 0 bridgehead atoms. The van der Waals surface area contributed by atoms with Gasteiger partial charge in [0.25, 0.3) is 0 Å². The second kappa shape index (κ2) is 11.8. The first-order valence-electron chi connectivity index (χ1n) is 8.28. The van der Waals surface area contributed by atoms with Crippen LogP contribution in [0.2, 0.25) is 10.0 Å². The summed E-state index contributed by atoms with van der Waals surface area (Å²) in [7, 11) is 1.37. The Balaban J connectivity index is 1.79. The molecule has 0 aromatic heterocycles. The molecule has 7 heteroatoms. The second-order valence-electron chi connectivity index (χ2n) is 5.53. The molecule has 0 N–H and O–H groups in total. The fourth-order valence-electron chi connectivity index (χ4n) is 2.06. The SMILES string of the molecule is COC(=O)[C@H](CSCC/N=C/c1ccc(Cl)cc1)/N=C\c1ccc(Cl)cc1. The molecule has 0 fully saturated rings. The molecule has 4 nitrogen and oxygen atoms in total. The van der Waals surface area contributed by atoms with Gasteiger partial charge in [0, 0.05) is 40.5 Å². The summed E-state index contributed by atoms with van der Waals surface area (Å²) >= 11 is 13.3. The quantitative estimate of drug-likeness (QED) is 0.331. The van der Waals surface area contributed by atoms with Crippen LogP contribution in [0.1, 0.15) is 11.1 Å². The number of benzene rings is 2. The van der Waals surface area contributed by atoms with Crippen molar-refractivity contribution in [3.63, 3.8) is 0 Å². The topological polar surface area (TPSA) is 51.0 Å². The molecule has 0 amide bonds. The highest BCUT2D eigenvalue weighted by Gasteiger charge is 2.17. The van der Waals surface area contributed by atoms with Crippen molar-refractivity contribution < 1.29 is 9.53 Å². The minimum atomic E-state index is -0.545. The van der Waals surface area contributed by atoms with Gasteiger partial charge in [0.05, 0.1) is 7.11 Å². The van der Waals surface area contributed by atoms with Crippen LogP contribution in [-0.2, 0) is 9.53 Å². The van der Waals surface area contributed by atoms with Crippen molar-refractivity contribution >= 4 is 53.4 Å². The lowest BCUT2D eigenvalue weighted by atomic mass is 10.2. The Morgan fingerprint density at radius 2 is 1.59 bits per heavy atom. The molecule has 2 rings (SSSR count). The number of methoxy groups -OCH3 is 1. The molecule has 2 aromatic rings. The number of nitrogens with zero attached hydrogens (tertiary/aromatic N) is 2. The van der Waals surface area contributed by atoms with Gasteiger partial charge in [-0.3, -0.25) is 9.98 Å². The zero-order valence-electron chi connectivity index (χ0n) is 14.8. The summed E-state index contributed by atoms with van der Waals surface area (Å²) in [6, 6.07) is 14.2. The molecule has 0 saturated carbocycles. The van der Waals surface area contributed by atoms with E-state index >= 15 is 0 Å². The van der Waals surface area contributed by atoms with E-state index in [4.69, 9.17) is 27.9 Å². The van der Waals surface area contributed by atoms with Crippen LogP contribution in [0.4, 0.5) is 0 Å². The van der Waals surface area contributed by atoms with Crippen molar-refractivity contribution in [3.05, 3.63) is 69.7 Å². The van der Waals surface area contributed by atoms with Crippen LogP contribution in [0.15, 0.2) is 58.5 Å². The maximum absolute atomic E-state index is 11.9. The minimum absolute atomic E-state index is 0.350. The van der Waals surface area contributed by atoms with E-state index in [0.29, 0.717) is 22.3 Å². The van der Waals surface area contributed by atoms with Crippen molar-refractivity contribution in [1.82, 2.24) is 0 Å². The first-order chi connectivity index (χ1) is 13.1. The van der Waals surface area contributed by atoms with Gasteiger partial charge in [-0.05, 0) is 35.4 Å². The Labute approximate surface area is 173 Å². The number of esters is 1. The maximum Gasteiger partial charge on any atom is 0.331 e.